The maximum atomic E-state index is 12.9. The smallest absolute Gasteiger partial charge is 0.260 e. The molecule has 2 aromatic rings. The SMILES string of the molecule is O=C(c1cc(Cl)c[nH]c1=O)N1CCCC[C@@H]1CCc1ccc(O)cc1. The van der Waals surface area contributed by atoms with Crippen molar-refractivity contribution in [1.82, 2.24) is 9.88 Å². The van der Waals surface area contributed by atoms with Crippen LogP contribution in [0.3, 0.4) is 0 Å². The van der Waals surface area contributed by atoms with Gasteiger partial charge in [-0.15, -0.1) is 0 Å². The van der Waals surface area contributed by atoms with E-state index in [1.165, 1.54) is 12.3 Å². The van der Waals surface area contributed by atoms with Crippen LogP contribution in [0.1, 0.15) is 41.6 Å². The first-order chi connectivity index (χ1) is 12.0. The second-order valence-electron chi connectivity index (χ2n) is 6.41. The highest BCUT2D eigenvalue weighted by atomic mass is 35.5. The molecule has 1 fully saturated rings. The van der Waals surface area contributed by atoms with E-state index in [1.54, 1.807) is 12.1 Å². The molecule has 5 nitrogen and oxygen atoms in total. The topological polar surface area (TPSA) is 73.4 Å². The quantitative estimate of drug-likeness (QED) is 0.878. The Hall–Kier alpha value is -2.27. The summed E-state index contributed by atoms with van der Waals surface area (Å²) in [6, 6.07) is 8.68. The van der Waals surface area contributed by atoms with Gasteiger partial charge in [-0.25, -0.2) is 0 Å². The lowest BCUT2D eigenvalue weighted by molar-refractivity contribution is 0.0600. The highest BCUT2D eigenvalue weighted by molar-refractivity contribution is 6.30. The third kappa shape index (κ3) is 4.23. The molecule has 1 saturated heterocycles. The molecule has 1 amide bonds. The van der Waals surface area contributed by atoms with Crippen molar-refractivity contribution in [3.63, 3.8) is 0 Å². The molecule has 3 rings (SSSR count). The highest BCUT2D eigenvalue weighted by Gasteiger charge is 2.28. The summed E-state index contributed by atoms with van der Waals surface area (Å²) in [7, 11) is 0. The number of piperidine rings is 1. The van der Waals surface area contributed by atoms with E-state index in [0.29, 0.717) is 11.6 Å². The molecule has 0 aliphatic carbocycles. The number of aromatic hydroxyl groups is 1. The van der Waals surface area contributed by atoms with Crippen LogP contribution in [-0.4, -0.2) is 33.5 Å². The lowest BCUT2D eigenvalue weighted by Gasteiger charge is -2.36. The number of nitrogens with zero attached hydrogens (tertiary/aromatic N) is 1. The summed E-state index contributed by atoms with van der Waals surface area (Å²) in [6.45, 7) is 0.658. The van der Waals surface area contributed by atoms with Crippen molar-refractivity contribution < 1.29 is 9.90 Å². The Morgan fingerprint density at radius 1 is 1.28 bits per heavy atom. The summed E-state index contributed by atoms with van der Waals surface area (Å²) in [5.74, 6) is -0.00226. The van der Waals surface area contributed by atoms with Gasteiger partial charge in [-0.3, -0.25) is 9.59 Å². The van der Waals surface area contributed by atoms with Crippen LogP contribution >= 0.6 is 11.6 Å². The van der Waals surface area contributed by atoms with Crippen LogP contribution in [0.4, 0.5) is 0 Å². The average Bonchev–Trinajstić information content (AvgIpc) is 2.63. The minimum absolute atomic E-state index is 0.101. The number of aromatic amines is 1. The number of rotatable bonds is 4. The van der Waals surface area contributed by atoms with E-state index in [4.69, 9.17) is 11.6 Å². The Labute approximate surface area is 151 Å². The van der Waals surface area contributed by atoms with Crippen molar-refractivity contribution in [3.8, 4) is 5.75 Å². The number of halogens is 1. The Morgan fingerprint density at radius 3 is 2.80 bits per heavy atom. The summed E-state index contributed by atoms with van der Waals surface area (Å²) in [5.41, 5.74) is 0.817. The zero-order valence-electron chi connectivity index (χ0n) is 13.9. The molecule has 0 bridgehead atoms. The van der Waals surface area contributed by atoms with E-state index in [2.05, 4.69) is 4.98 Å². The first kappa shape index (κ1) is 17.5. The van der Waals surface area contributed by atoms with Crippen LogP contribution < -0.4 is 5.56 Å². The van der Waals surface area contributed by atoms with Crippen molar-refractivity contribution in [3.05, 3.63) is 63.0 Å². The van der Waals surface area contributed by atoms with Gasteiger partial charge in [0.05, 0.1) is 5.02 Å². The van der Waals surface area contributed by atoms with Gasteiger partial charge in [-0.05, 0) is 55.9 Å². The minimum Gasteiger partial charge on any atom is -0.508 e. The van der Waals surface area contributed by atoms with Crippen molar-refractivity contribution >= 4 is 17.5 Å². The Morgan fingerprint density at radius 2 is 2.04 bits per heavy atom. The predicted octanol–water partition coefficient (Wildman–Crippen LogP) is 3.36. The number of carbonyl (C=O) groups excluding carboxylic acids is 1. The second kappa shape index (κ2) is 7.74. The fraction of sp³-hybridized carbons (Fsp3) is 0.368. The number of amides is 1. The molecule has 0 unspecified atom stereocenters. The summed E-state index contributed by atoms with van der Waals surface area (Å²) >= 11 is 5.93. The molecule has 1 aromatic heterocycles. The fourth-order valence-corrected chi connectivity index (χ4v) is 3.50. The number of phenolic OH excluding ortho intramolecular Hbond substituents is 1. The first-order valence-corrected chi connectivity index (χ1v) is 8.89. The van der Waals surface area contributed by atoms with Crippen LogP contribution in [0.15, 0.2) is 41.3 Å². The standard InChI is InChI=1S/C19H21ClN2O3/c20-14-11-17(18(24)21-12-14)19(25)22-10-2-1-3-15(22)7-4-13-5-8-16(23)9-6-13/h5-6,8-9,11-12,15,23H,1-4,7,10H2,(H,21,24)/t15-/m1/s1. The Balaban J connectivity index is 1.74. The predicted molar refractivity (Wildman–Crippen MR) is 97.2 cm³/mol. The summed E-state index contributed by atoms with van der Waals surface area (Å²) < 4.78 is 0. The molecule has 1 aliphatic heterocycles. The molecule has 1 atom stereocenters. The van der Waals surface area contributed by atoms with E-state index in [0.717, 1.165) is 37.7 Å². The zero-order valence-corrected chi connectivity index (χ0v) is 14.6. The van der Waals surface area contributed by atoms with Crippen LogP contribution in [0.5, 0.6) is 5.75 Å². The largest absolute Gasteiger partial charge is 0.508 e. The molecular formula is C19H21ClN2O3. The monoisotopic (exact) mass is 360 g/mol. The Kier molecular flexibility index (Phi) is 5.43. The third-order valence-electron chi connectivity index (χ3n) is 4.69. The summed E-state index contributed by atoms with van der Waals surface area (Å²) in [4.78, 5) is 29.2. The van der Waals surface area contributed by atoms with E-state index in [1.807, 2.05) is 17.0 Å². The minimum atomic E-state index is -0.405. The number of phenols is 1. The number of carbonyl (C=O) groups is 1. The molecule has 1 aromatic carbocycles. The number of H-pyrrole nitrogens is 1. The molecule has 1 aliphatic rings. The number of hydrogen-bond acceptors (Lipinski definition) is 3. The zero-order chi connectivity index (χ0) is 17.8. The van der Waals surface area contributed by atoms with Gasteiger partial charge in [0.15, 0.2) is 0 Å². The van der Waals surface area contributed by atoms with Gasteiger partial charge in [-0.1, -0.05) is 23.7 Å². The number of hydrogen-bond donors (Lipinski definition) is 2. The van der Waals surface area contributed by atoms with Gasteiger partial charge in [0.1, 0.15) is 11.3 Å². The summed E-state index contributed by atoms with van der Waals surface area (Å²) in [5, 5.41) is 9.71. The number of aromatic nitrogens is 1. The van der Waals surface area contributed by atoms with E-state index >= 15 is 0 Å². The maximum Gasteiger partial charge on any atom is 0.260 e. The second-order valence-corrected chi connectivity index (χ2v) is 6.85. The molecule has 0 radical (unpaired) electrons. The molecule has 132 valence electrons. The molecule has 0 spiro atoms. The molecule has 6 heteroatoms. The molecule has 2 N–H and O–H groups in total. The number of nitrogens with one attached hydrogen (secondary N) is 1. The van der Waals surface area contributed by atoms with E-state index in [-0.39, 0.29) is 23.3 Å². The van der Waals surface area contributed by atoms with Gasteiger partial charge in [-0.2, -0.15) is 0 Å². The van der Waals surface area contributed by atoms with Gasteiger partial charge in [0.25, 0.3) is 11.5 Å². The molecule has 2 heterocycles. The van der Waals surface area contributed by atoms with E-state index in [9.17, 15) is 14.7 Å². The van der Waals surface area contributed by atoms with Crippen LogP contribution in [-0.2, 0) is 6.42 Å². The number of benzene rings is 1. The third-order valence-corrected chi connectivity index (χ3v) is 4.91. The van der Waals surface area contributed by atoms with Gasteiger partial charge in [0.2, 0.25) is 0 Å². The van der Waals surface area contributed by atoms with E-state index < -0.39 is 5.56 Å². The van der Waals surface area contributed by atoms with Gasteiger partial charge < -0.3 is 15.0 Å². The molecular weight excluding hydrogens is 340 g/mol. The van der Waals surface area contributed by atoms with Crippen molar-refractivity contribution in [2.24, 2.45) is 0 Å². The lowest BCUT2D eigenvalue weighted by atomic mass is 9.95. The summed E-state index contributed by atoms with van der Waals surface area (Å²) in [6.07, 6.45) is 5.99. The number of likely N-dealkylation sites (tertiary alicyclic amines) is 1. The molecule has 25 heavy (non-hydrogen) atoms. The van der Waals surface area contributed by atoms with Gasteiger partial charge in [0, 0.05) is 18.8 Å². The van der Waals surface area contributed by atoms with Crippen LogP contribution in [0.25, 0.3) is 0 Å². The lowest BCUT2D eigenvalue weighted by Crippen LogP contribution is -2.45. The average molecular weight is 361 g/mol. The van der Waals surface area contributed by atoms with Gasteiger partial charge >= 0.3 is 0 Å². The molecule has 0 saturated carbocycles. The number of pyridine rings is 1. The van der Waals surface area contributed by atoms with Crippen LogP contribution in [0.2, 0.25) is 5.02 Å². The normalized spacial score (nSPS) is 17.5. The Bertz CT molecular complexity index is 801. The maximum absolute atomic E-state index is 12.9. The van der Waals surface area contributed by atoms with Crippen molar-refractivity contribution in [1.29, 1.82) is 0 Å². The first-order valence-electron chi connectivity index (χ1n) is 8.51. The van der Waals surface area contributed by atoms with Crippen molar-refractivity contribution in [2.75, 3.05) is 6.54 Å². The highest BCUT2D eigenvalue weighted by Crippen LogP contribution is 2.24. The van der Waals surface area contributed by atoms with Crippen LogP contribution in [0, 0.1) is 0 Å². The van der Waals surface area contributed by atoms with Crippen molar-refractivity contribution in [2.45, 2.75) is 38.1 Å². The number of aryl methyl sites for hydroxylation is 1. The fourth-order valence-electron chi connectivity index (χ4n) is 3.33.